The molecule has 0 bridgehead atoms. The number of nitrogens with one attached hydrogen (secondary N) is 1. The number of carbonyl (C=O) groups is 4. The Hall–Kier alpha value is -3.90. The van der Waals surface area contributed by atoms with E-state index in [-0.39, 0.29) is 19.1 Å². The standard InChI is InChI=1S/C35H55N3O10/c1-33(2,3)46-30(40)37-19-17-24(21-37)12-11-18-36-29(39)45-28-26(20-23-13-15-25(43-10)16-14-23)38(31(41)47-34(4,5)6)22-27(28)44-32(42)48-35(7,8)9/h13-16,24,26-28H,11-12,17-22H2,1-10H3,(H,36,39)/t24-,26-,27+,28+/m1/s1. The molecule has 48 heavy (non-hydrogen) atoms. The van der Waals surface area contributed by atoms with Gasteiger partial charge in [-0.15, -0.1) is 0 Å². The predicted molar refractivity (Wildman–Crippen MR) is 178 cm³/mol. The highest BCUT2D eigenvalue weighted by Gasteiger charge is 2.50. The van der Waals surface area contributed by atoms with Gasteiger partial charge in [-0.2, -0.15) is 0 Å². The number of nitrogens with zero attached hydrogens (tertiary/aromatic N) is 2. The lowest BCUT2D eigenvalue weighted by atomic mass is 10.0. The molecule has 1 N–H and O–H groups in total. The number of benzene rings is 1. The fraction of sp³-hybridized carbons (Fsp3) is 0.714. The van der Waals surface area contributed by atoms with Crippen LogP contribution in [0.15, 0.2) is 24.3 Å². The lowest BCUT2D eigenvalue weighted by molar-refractivity contribution is -0.0518. The van der Waals surface area contributed by atoms with Gasteiger partial charge in [-0.3, -0.25) is 4.90 Å². The van der Waals surface area contributed by atoms with Gasteiger partial charge in [0.1, 0.15) is 22.6 Å². The third kappa shape index (κ3) is 12.6. The number of methoxy groups -OCH3 is 1. The number of likely N-dealkylation sites (tertiary alicyclic amines) is 2. The maximum absolute atomic E-state index is 13.4. The number of hydrogen-bond acceptors (Lipinski definition) is 10. The van der Waals surface area contributed by atoms with Crippen molar-refractivity contribution < 1.29 is 47.6 Å². The average Bonchev–Trinajstić information content (AvgIpc) is 3.54. The molecule has 2 heterocycles. The van der Waals surface area contributed by atoms with E-state index in [1.165, 1.54) is 4.90 Å². The SMILES string of the molecule is COc1ccc(C[C@@H]2[C@H](OC(=O)NCCC[C@@H]3CCN(C(=O)OC(C)(C)C)C3)[C@@H](OC(=O)OC(C)(C)C)CN2C(=O)OC(C)(C)C)cc1. The van der Waals surface area contributed by atoms with Gasteiger partial charge in [0, 0.05) is 19.6 Å². The van der Waals surface area contributed by atoms with Crippen molar-refractivity contribution in [1.29, 1.82) is 0 Å². The summed E-state index contributed by atoms with van der Waals surface area (Å²) >= 11 is 0. The smallest absolute Gasteiger partial charge is 0.497 e. The Morgan fingerprint density at radius 3 is 2.00 bits per heavy atom. The van der Waals surface area contributed by atoms with Gasteiger partial charge in [-0.25, -0.2) is 19.2 Å². The first-order valence-electron chi connectivity index (χ1n) is 16.7. The van der Waals surface area contributed by atoms with Crippen molar-refractivity contribution in [3.63, 3.8) is 0 Å². The zero-order chi connectivity index (χ0) is 35.9. The quantitative estimate of drug-likeness (QED) is 0.180. The molecule has 4 atom stereocenters. The minimum absolute atomic E-state index is 0.0667. The van der Waals surface area contributed by atoms with Gasteiger partial charge in [-0.1, -0.05) is 12.1 Å². The van der Waals surface area contributed by atoms with Gasteiger partial charge in [0.25, 0.3) is 0 Å². The molecular formula is C35H55N3O10. The molecule has 2 aliphatic rings. The molecule has 13 nitrogen and oxygen atoms in total. The second kappa shape index (κ2) is 16.0. The van der Waals surface area contributed by atoms with Crippen molar-refractivity contribution in [2.45, 2.75) is 123 Å². The van der Waals surface area contributed by atoms with Crippen LogP contribution in [0, 0.1) is 5.92 Å². The first-order chi connectivity index (χ1) is 22.2. The van der Waals surface area contributed by atoms with Crippen LogP contribution in [0.3, 0.4) is 0 Å². The van der Waals surface area contributed by atoms with Gasteiger partial charge in [0.2, 0.25) is 0 Å². The zero-order valence-corrected chi connectivity index (χ0v) is 30.3. The lowest BCUT2D eigenvalue weighted by Crippen LogP contribution is -2.46. The number of carbonyl (C=O) groups excluding carboxylic acids is 4. The van der Waals surface area contributed by atoms with Crippen LogP contribution < -0.4 is 10.1 Å². The molecule has 0 radical (unpaired) electrons. The van der Waals surface area contributed by atoms with Gasteiger partial charge >= 0.3 is 24.4 Å². The van der Waals surface area contributed by atoms with E-state index in [4.69, 9.17) is 28.4 Å². The predicted octanol–water partition coefficient (Wildman–Crippen LogP) is 6.31. The van der Waals surface area contributed by atoms with Crippen LogP contribution in [0.5, 0.6) is 5.75 Å². The Morgan fingerprint density at radius 2 is 1.42 bits per heavy atom. The molecule has 270 valence electrons. The summed E-state index contributed by atoms with van der Waals surface area (Å²) in [6.07, 6.45) is -1.99. The Morgan fingerprint density at radius 1 is 0.812 bits per heavy atom. The number of rotatable bonds is 9. The summed E-state index contributed by atoms with van der Waals surface area (Å²) < 4.78 is 33.5. The molecular weight excluding hydrogens is 622 g/mol. The third-order valence-electron chi connectivity index (χ3n) is 7.63. The molecule has 0 spiro atoms. The fourth-order valence-electron chi connectivity index (χ4n) is 5.58. The fourth-order valence-corrected chi connectivity index (χ4v) is 5.58. The zero-order valence-electron chi connectivity index (χ0n) is 30.3. The van der Waals surface area contributed by atoms with Crippen LogP contribution in [-0.4, -0.2) is 103 Å². The van der Waals surface area contributed by atoms with Crippen LogP contribution in [0.1, 0.15) is 87.1 Å². The van der Waals surface area contributed by atoms with E-state index in [1.54, 1.807) is 65.7 Å². The van der Waals surface area contributed by atoms with E-state index in [1.807, 2.05) is 32.9 Å². The van der Waals surface area contributed by atoms with E-state index in [9.17, 15) is 19.2 Å². The summed E-state index contributed by atoms with van der Waals surface area (Å²) in [5.41, 5.74) is -1.31. The van der Waals surface area contributed by atoms with Gasteiger partial charge in [0.05, 0.1) is 19.7 Å². The van der Waals surface area contributed by atoms with Crippen molar-refractivity contribution in [3.05, 3.63) is 29.8 Å². The number of ether oxygens (including phenoxy) is 6. The minimum Gasteiger partial charge on any atom is -0.497 e. The van der Waals surface area contributed by atoms with E-state index >= 15 is 0 Å². The normalized spacial score (nSPS) is 21.4. The van der Waals surface area contributed by atoms with Crippen LogP contribution >= 0.6 is 0 Å². The number of amides is 3. The molecule has 0 aromatic heterocycles. The second-order valence-corrected chi connectivity index (χ2v) is 15.4. The summed E-state index contributed by atoms with van der Waals surface area (Å²) in [6.45, 7) is 17.5. The molecule has 0 aliphatic carbocycles. The lowest BCUT2D eigenvalue weighted by Gasteiger charge is -2.30. The summed E-state index contributed by atoms with van der Waals surface area (Å²) in [5.74, 6) is 0.968. The molecule has 13 heteroatoms. The molecule has 2 aliphatic heterocycles. The van der Waals surface area contributed by atoms with Crippen molar-refractivity contribution >= 4 is 24.4 Å². The maximum Gasteiger partial charge on any atom is 0.509 e. The Kier molecular flexibility index (Phi) is 12.8. The minimum atomic E-state index is -1.02. The molecule has 0 saturated carbocycles. The highest BCUT2D eigenvalue weighted by molar-refractivity contribution is 5.71. The summed E-state index contributed by atoms with van der Waals surface area (Å²) in [7, 11) is 1.57. The average molecular weight is 678 g/mol. The van der Waals surface area contributed by atoms with Crippen LogP contribution in [0.4, 0.5) is 19.2 Å². The second-order valence-electron chi connectivity index (χ2n) is 15.4. The summed E-state index contributed by atoms with van der Waals surface area (Å²) in [6, 6.07) is 6.60. The molecule has 0 unspecified atom stereocenters. The molecule has 1 aromatic carbocycles. The first-order valence-corrected chi connectivity index (χ1v) is 16.7. The summed E-state index contributed by atoms with van der Waals surface area (Å²) in [5, 5.41) is 2.80. The highest BCUT2D eigenvalue weighted by atomic mass is 16.7. The van der Waals surface area contributed by atoms with E-state index in [0.29, 0.717) is 37.7 Å². The monoisotopic (exact) mass is 677 g/mol. The van der Waals surface area contributed by atoms with Crippen molar-refractivity contribution in [2.24, 2.45) is 5.92 Å². The largest absolute Gasteiger partial charge is 0.509 e. The molecule has 3 rings (SSSR count). The molecule has 2 fully saturated rings. The van der Waals surface area contributed by atoms with E-state index in [0.717, 1.165) is 18.4 Å². The Bertz CT molecular complexity index is 1250. The van der Waals surface area contributed by atoms with E-state index < -0.39 is 53.4 Å². The van der Waals surface area contributed by atoms with Crippen molar-refractivity contribution in [1.82, 2.24) is 15.1 Å². The van der Waals surface area contributed by atoms with Crippen molar-refractivity contribution in [3.8, 4) is 5.75 Å². The highest BCUT2D eigenvalue weighted by Crippen LogP contribution is 2.30. The Balaban J connectivity index is 1.70. The van der Waals surface area contributed by atoms with Crippen LogP contribution in [-0.2, 0) is 30.1 Å². The van der Waals surface area contributed by atoms with Crippen LogP contribution in [0.25, 0.3) is 0 Å². The third-order valence-corrected chi connectivity index (χ3v) is 7.63. The maximum atomic E-state index is 13.4. The van der Waals surface area contributed by atoms with Gasteiger partial charge in [0.15, 0.2) is 12.2 Å². The van der Waals surface area contributed by atoms with Crippen LogP contribution in [0.2, 0.25) is 0 Å². The molecule has 3 amide bonds. The topological polar surface area (TPSA) is 142 Å². The molecule has 1 aromatic rings. The number of alkyl carbamates (subject to hydrolysis) is 1. The number of hydrogen-bond donors (Lipinski definition) is 1. The first kappa shape index (κ1) is 38.5. The summed E-state index contributed by atoms with van der Waals surface area (Å²) in [4.78, 5) is 55.0. The van der Waals surface area contributed by atoms with Crippen molar-refractivity contribution in [2.75, 3.05) is 33.3 Å². The van der Waals surface area contributed by atoms with Gasteiger partial charge in [-0.05, 0) is 112 Å². The Labute approximate surface area is 284 Å². The van der Waals surface area contributed by atoms with E-state index in [2.05, 4.69) is 5.32 Å². The van der Waals surface area contributed by atoms with Gasteiger partial charge < -0.3 is 38.6 Å². The molecule has 2 saturated heterocycles.